The topological polar surface area (TPSA) is 265 Å². The van der Waals surface area contributed by atoms with Crippen LogP contribution in [-0.4, -0.2) is 99.0 Å². The Morgan fingerprint density at radius 2 is 0.444 bits per heavy atom. The Labute approximate surface area is 636 Å². The second-order valence-electron chi connectivity index (χ2n) is 27.4. The first-order chi connectivity index (χ1) is 52.7. The molecule has 0 amide bonds. The maximum Gasteiger partial charge on any atom is 0.269 e. The second-order valence-corrected chi connectivity index (χ2v) is 27.4. The minimum Gasteiger partial charge on any atom is -0.490 e. The maximum absolute atomic E-state index is 15.4. The highest BCUT2D eigenvalue weighted by atomic mass is 16.6. The smallest absolute Gasteiger partial charge is 0.269 e. The number of non-ortho nitro benzene ring substituents is 2. The van der Waals surface area contributed by atoms with Crippen LogP contribution in [0.1, 0.15) is 297 Å². The number of hydrogen-bond donors (Lipinski definition) is 0. The number of nitro benzene ring substituents is 2. The van der Waals surface area contributed by atoms with Gasteiger partial charge in [-0.2, -0.15) is 0 Å². The zero-order valence-corrected chi connectivity index (χ0v) is 64.9. The molecule has 0 aromatic heterocycles. The highest BCUT2D eigenvalue weighted by Crippen LogP contribution is 2.54. The Hall–Kier alpha value is -9.60. The molecule has 8 rings (SSSR count). The number of hydrogen-bond acceptors (Lipinski definition) is 20. The molecule has 108 heavy (non-hydrogen) atoms. The van der Waals surface area contributed by atoms with E-state index in [0.717, 1.165) is 128 Å². The summed E-state index contributed by atoms with van der Waals surface area (Å²) in [6.07, 6.45) is 21.4. The van der Waals surface area contributed by atoms with Crippen LogP contribution in [0.25, 0.3) is 0 Å². The van der Waals surface area contributed by atoms with E-state index in [2.05, 4.69) is 27.7 Å². The van der Waals surface area contributed by atoms with Gasteiger partial charge in [-0.15, -0.1) is 0 Å². The van der Waals surface area contributed by atoms with E-state index in [1.54, 1.807) is 48.5 Å². The molecule has 0 fully saturated rings. The highest BCUT2D eigenvalue weighted by molar-refractivity contribution is 6.32. The molecule has 0 saturated carbocycles. The monoisotopic (exact) mass is 1490 g/mol. The van der Waals surface area contributed by atoms with E-state index in [9.17, 15) is 20.2 Å². The lowest BCUT2D eigenvalue weighted by atomic mass is 9.82. The summed E-state index contributed by atoms with van der Waals surface area (Å²) < 4.78 is 78.0. The average Bonchev–Trinajstić information content (AvgIpc) is 0.729. The predicted octanol–water partition coefficient (Wildman–Crippen LogP) is 21.0. The van der Waals surface area contributed by atoms with Crippen molar-refractivity contribution in [3.05, 3.63) is 149 Å². The number of ether oxygens (including phenoxy) is 12. The molecule has 0 N–H and O–H groups in total. The van der Waals surface area contributed by atoms with Gasteiger partial charge in [0.25, 0.3) is 11.4 Å². The third-order valence-corrected chi connectivity index (χ3v) is 18.8. The predicted molar refractivity (Wildman–Crippen MR) is 415 cm³/mol. The molecule has 22 heteroatoms. The van der Waals surface area contributed by atoms with Crippen LogP contribution in [0.2, 0.25) is 0 Å². The zero-order valence-electron chi connectivity index (χ0n) is 64.9. The molecular weight excluding hydrogens is 1380 g/mol. The molecule has 586 valence electrons. The van der Waals surface area contributed by atoms with Crippen molar-refractivity contribution in [2.24, 2.45) is 0 Å². The van der Waals surface area contributed by atoms with Crippen LogP contribution in [-0.2, 0) is 13.2 Å². The number of ketones is 4. The van der Waals surface area contributed by atoms with Crippen LogP contribution in [0.15, 0.2) is 72.8 Å². The Bertz CT molecular complexity index is 3690. The molecule has 0 spiro atoms. The molecular formula is C86H112N2O20. The summed E-state index contributed by atoms with van der Waals surface area (Å²) in [6, 6.07) is 18.2. The zero-order chi connectivity index (χ0) is 77.2. The number of fused-ring (bicyclic) bond motifs is 4. The first-order valence-electron chi connectivity index (χ1n) is 39.7. The summed E-state index contributed by atoms with van der Waals surface area (Å²) in [5.41, 5.74) is 1.46. The lowest BCUT2D eigenvalue weighted by molar-refractivity contribution is -0.385. The van der Waals surface area contributed by atoms with Gasteiger partial charge < -0.3 is 56.8 Å². The van der Waals surface area contributed by atoms with Gasteiger partial charge in [0, 0.05) is 46.5 Å². The van der Waals surface area contributed by atoms with E-state index in [-0.39, 0.29) is 153 Å². The minimum absolute atomic E-state index is 0.00939. The number of benzene rings is 6. The summed E-state index contributed by atoms with van der Waals surface area (Å²) in [4.78, 5) is 83.9. The fourth-order valence-electron chi connectivity index (χ4n) is 12.4. The molecule has 0 heterocycles. The fraction of sp³-hybridized carbons (Fsp3) is 0.535. The van der Waals surface area contributed by atoms with Crippen LogP contribution in [0.5, 0.6) is 69.0 Å². The van der Waals surface area contributed by atoms with Crippen molar-refractivity contribution < 1.29 is 85.9 Å². The largest absolute Gasteiger partial charge is 0.490 e. The van der Waals surface area contributed by atoms with Gasteiger partial charge in [-0.3, -0.25) is 39.4 Å². The molecule has 6 aromatic rings. The molecule has 0 bridgehead atoms. The van der Waals surface area contributed by atoms with Crippen LogP contribution in [0.3, 0.4) is 0 Å². The van der Waals surface area contributed by atoms with Gasteiger partial charge in [0.15, 0.2) is 69.1 Å². The SMILES string of the molecule is CCCCOc1cc2c(c(OCCCCCCCCCCCCOc3c(OCCCC)c(OCCCC)cc4c3C(=O)c3cc(OCCCC)c(OCCCC)c(OCc5ccc([N+](=O)[O-])cc5)c3C4=O)c1OCCCC)C(=O)c1cc(OCCCC)c(OCCCC)c(OCc3ccc([N+](=O)[O-])cc3)c1C2=O. The number of nitrogens with zero attached hydrogens (tertiary/aromatic N) is 2. The van der Waals surface area contributed by atoms with Crippen molar-refractivity contribution in [3.63, 3.8) is 0 Å². The van der Waals surface area contributed by atoms with E-state index < -0.39 is 33.0 Å². The molecule has 22 nitrogen and oxygen atoms in total. The van der Waals surface area contributed by atoms with Crippen LogP contribution >= 0.6 is 0 Å². The molecule has 2 aliphatic rings. The van der Waals surface area contributed by atoms with Gasteiger partial charge >= 0.3 is 0 Å². The van der Waals surface area contributed by atoms with Gasteiger partial charge in [-0.05, 0) is 124 Å². The van der Waals surface area contributed by atoms with Gasteiger partial charge in [-0.25, -0.2) is 0 Å². The standard InChI is InChI=1S/C86H112N2O20/c1-9-17-43-97-67-53-63-71(75(89)65-55-69(99-45-19-11-3)81(103-49-23-15-7)85(73(65)77(63)91)107-57-59-35-39-61(40-36-59)87(93)94)83(79(67)101-47-21-13-5)105-51-33-31-29-27-25-26-28-30-32-34-52-106-84-72-64(54-68(98-44-18-10-2)80(84)102-48-22-14-6)78(92)74-66(76(72)90)56-70(100-46-20-12-4)82(104-50-24-16-8)86(74)108-58-60-37-41-62(42-38-60)88(95)96/h35-42,53-56H,9-34,43-52,57-58H2,1-8H3. The van der Waals surface area contributed by atoms with Crippen molar-refractivity contribution >= 4 is 34.5 Å². The summed E-state index contributed by atoms with van der Waals surface area (Å²) >= 11 is 0. The van der Waals surface area contributed by atoms with Crippen LogP contribution in [0, 0.1) is 20.2 Å². The van der Waals surface area contributed by atoms with Gasteiger partial charge in [0.1, 0.15) is 13.2 Å². The minimum atomic E-state index is -0.495. The number of unbranched alkanes of at least 4 members (excludes halogenated alkanes) is 17. The first kappa shape index (κ1) is 84.0. The molecule has 0 unspecified atom stereocenters. The Morgan fingerprint density at radius 3 is 0.667 bits per heavy atom. The molecule has 2 aliphatic carbocycles. The summed E-state index contributed by atoms with van der Waals surface area (Å²) in [5, 5.41) is 23.1. The summed E-state index contributed by atoms with van der Waals surface area (Å²) in [6.45, 7) is 19.2. The number of carbonyl (C=O) groups is 4. The van der Waals surface area contributed by atoms with Crippen molar-refractivity contribution in [3.8, 4) is 69.0 Å². The van der Waals surface area contributed by atoms with E-state index in [4.69, 9.17) is 56.8 Å². The normalized spacial score (nSPS) is 12.0. The Balaban J connectivity index is 0.952. The number of carbonyl (C=O) groups excluding carboxylic acids is 4. The average molecular weight is 1490 g/mol. The Morgan fingerprint density at radius 1 is 0.250 bits per heavy atom. The van der Waals surface area contributed by atoms with Crippen molar-refractivity contribution in [2.45, 2.75) is 236 Å². The van der Waals surface area contributed by atoms with E-state index in [0.29, 0.717) is 101 Å². The molecule has 6 aromatic carbocycles. The van der Waals surface area contributed by atoms with Gasteiger partial charge in [-0.1, -0.05) is 158 Å². The van der Waals surface area contributed by atoms with E-state index in [1.165, 1.54) is 24.3 Å². The van der Waals surface area contributed by atoms with Crippen LogP contribution in [0.4, 0.5) is 11.4 Å². The fourth-order valence-corrected chi connectivity index (χ4v) is 12.4. The maximum atomic E-state index is 15.4. The summed E-state index contributed by atoms with van der Waals surface area (Å²) in [7, 11) is 0. The van der Waals surface area contributed by atoms with E-state index >= 15 is 19.2 Å². The number of rotatable bonds is 55. The molecule has 0 saturated heterocycles. The second kappa shape index (κ2) is 44.6. The molecule has 0 radical (unpaired) electrons. The lowest BCUT2D eigenvalue weighted by Gasteiger charge is -2.27. The van der Waals surface area contributed by atoms with Gasteiger partial charge in [0.2, 0.25) is 23.0 Å². The van der Waals surface area contributed by atoms with Crippen molar-refractivity contribution in [1.29, 1.82) is 0 Å². The quantitative estimate of drug-likeness (QED) is 0.0195. The van der Waals surface area contributed by atoms with Crippen LogP contribution < -0.4 is 56.8 Å². The third kappa shape index (κ3) is 22.5. The lowest BCUT2D eigenvalue weighted by Crippen LogP contribution is -2.25. The first-order valence-corrected chi connectivity index (χ1v) is 39.7. The van der Waals surface area contributed by atoms with Crippen molar-refractivity contribution in [2.75, 3.05) is 66.1 Å². The Kier molecular flexibility index (Phi) is 34.7. The molecule has 0 aliphatic heterocycles. The van der Waals surface area contributed by atoms with Gasteiger partial charge in [0.05, 0.1) is 98.2 Å². The third-order valence-electron chi connectivity index (χ3n) is 18.8. The number of nitro groups is 2. The summed E-state index contributed by atoms with van der Waals surface area (Å²) in [5.74, 6) is 0.475. The van der Waals surface area contributed by atoms with E-state index in [1.807, 2.05) is 27.7 Å². The highest BCUT2D eigenvalue weighted by Gasteiger charge is 2.43. The molecule has 0 atom stereocenters. The van der Waals surface area contributed by atoms with Crippen molar-refractivity contribution in [1.82, 2.24) is 0 Å².